The van der Waals surface area contributed by atoms with Gasteiger partial charge in [-0.25, -0.2) is 10.4 Å². The predicted octanol–water partition coefficient (Wildman–Crippen LogP) is 4.12. The molecule has 0 aromatic carbocycles. The van der Waals surface area contributed by atoms with Crippen LogP contribution in [0.15, 0.2) is 35.4 Å². The third kappa shape index (κ3) is 7.50. The van der Waals surface area contributed by atoms with Gasteiger partial charge in [-0.2, -0.15) is 9.97 Å². The number of nitrogens with one attached hydrogen (secondary N) is 4. The molecule has 1 unspecified atom stereocenters. The number of fused-ring (bicyclic) bond motifs is 1. The van der Waals surface area contributed by atoms with Crippen LogP contribution in [0.25, 0.3) is 16.7 Å². The van der Waals surface area contributed by atoms with Crippen molar-refractivity contribution in [1.29, 1.82) is 0 Å². The summed E-state index contributed by atoms with van der Waals surface area (Å²) in [6.07, 6.45) is 11.2. The molecule has 0 saturated carbocycles. The van der Waals surface area contributed by atoms with Gasteiger partial charge in [-0.15, -0.1) is 0 Å². The second-order valence-corrected chi connectivity index (χ2v) is 8.05. The summed E-state index contributed by atoms with van der Waals surface area (Å²) in [6.45, 7) is 13.7. The van der Waals surface area contributed by atoms with Crippen LogP contribution in [-0.2, 0) is 4.74 Å². The number of H-pyrrole nitrogens is 1. The number of rotatable bonds is 14. The fourth-order valence-electron chi connectivity index (χ4n) is 3.51. The summed E-state index contributed by atoms with van der Waals surface area (Å²) < 4.78 is 5.59. The molecule has 1 atom stereocenters. The minimum absolute atomic E-state index is 0.436. The number of nitrogens with zero attached hydrogens (tertiary/aromatic N) is 4. The quantitative estimate of drug-likeness (QED) is 0.194. The average molecular weight is 453 g/mol. The summed E-state index contributed by atoms with van der Waals surface area (Å²) in [6, 6.07) is 0. The number of hydrogen-bond donors (Lipinski definition) is 4. The predicted molar refractivity (Wildman–Crippen MR) is 137 cm³/mol. The summed E-state index contributed by atoms with van der Waals surface area (Å²) >= 11 is 0. The number of allylic oxidation sites excluding steroid dienone is 3. The molecule has 0 aliphatic heterocycles. The van der Waals surface area contributed by atoms with Crippen molar-refractivity contribution in [2.45, 2.75) is 40.0 Å². The molecule has 9 heteroatoms. The number of aromatic amines is 1. The van der Waals surface area contributed by atoms with E-state index in [2.05, 4.69) is 79.8 Å². The molecule has 2 aromatic rings. The fraction of sp³-hybridized carbons (Fsp3) is 0.500. The van der Waals surface area contributed by atoms with E-state index in [0.29, 0.717) is 48.9 Å². The molecule has 0 spiro atoms. The summed E-state index contributed by atoms with van der Waals surface area (Å²) in [5, 5.41) is 3.35. The first kappa shape index (κ1) is 24.6. The summed E-state index contributed by atoms with van der Waals surface area (Å²) in [5.41, 5.74) is 9.90. The smallest absolute Gasteiger partial charge is 0.241 e. The lowest BCUT2D eigenvalue weighted by Gasteiger charge is -2.16. The zero-order chi connectivity index (χ0) is 23.5. The Morgan fingerprint density at radius 1 is 1.33 bits per heavy atom. The van der Waals surface area contributed by atoms with E-state index in [4.69, 9.17) is 4.74 Å². The maximum Gasteiger partial charge on any atom is 0.241 e. The molecule has 1 aliphatic rings. The van der Waals surface area contributed by atoms with E-state index in [0.717, 1.165) is 43.5 Å². The highest BCUT2D eigenvalue weighted by atomic mass is 16.5. The van der Waals surface area contributed by atoms with E-state index in [1.165, 1.54) is 5.57 Å². The van der Waals surface area contributed by atoms with Crippen molar-refractivity contribution in [3.63, 3.8) is 0 Å². The van der Waals surface area contributed by atoms with Crippen LogP contribution < -0.4 is 16.2 Å². The van der Waals surface area contributed by atoms with Crippen LogP contribution in [0.2, 0.25) is 0 Å². The van der Waals surface area contributed by atoms with Gasteiger partial charge in [0.15, 0.2) is 11.5 Å². The third-order valence-electron chi connectivity index (χ3n) is 5.18. The number of hydrogen-bond acceptors (Lipinski definition) is 8. The first-order valence-electron chi connectivity index (χ1n) is 11.7. The molecule has 4 N–H and O–H groups in total. The molecule has 0 saturated heterocycles. The molecule has 1 aliphatic carbocycles. The van der Waals surface area contributed by atoms with Gasteiger partial charge >= 0.3 is 0 Å². The van der Waals surface area contributed by atoms with Gasteiger partial charge in [0.2, 0.25) is 5.95 Å². The Morgan fingerprint density at radius 3 is 3.00 bits per heavy atom. The zero-order valence-corrected chi connectivity index (χ0v) is 19.9. The number of anilines is 2. The molecular weight excluding hydrogens is 416 g/mol. The van der Waals surface area contributed by atoms with Crippen LogP contribution >= 0.6 is 0 Å². The van der Waals surface area contributed by atoms with Crippen LogP contribution in [-0.4, -0.2) is 59.0 Å². The van der Waals surface area contributed by atoms with E-state index in [-0.39, 0.29) is 0 Å². The van der Waals surface area contributed by atoms with Crippen molar-refractivity contribution >= 4 is 34.7 Å². The number of aromatic nitrogens is 4. The fourth-order valence-corrected chi connectivity index (χ4v) is 3.51. The van der Waals surface area contributed by atoms with Crippen LogP contribution in [0.4, 0.5) is 11.8 Å². The van der Waals surface area contributed by atoms with Crippen molar-refractivity contribution in [2.75, 3.05) is 43.6 Å². The molecule has 2 heterocycles. The van der Waals surface area contributed by atoms with Crippen LogP contribution in [0.5, 0.6) is 0 Å². The standard InChI is InChI=1S/C24H36N8O/c1-5-13-33-14-12-26-22-20-23(29-21(28-20)18(4)10-11-25-6-2)31-24(30-22)32-27-16-19-9-7-8-17(3)15-19/h6-8,15,19,27H,4-5,9-14,16H2,1-3H3,(H3,26,28,29,30,31,32). The molecule has 0 amide bonds. The van der Waals surface area contributed by atoms with E-state index < -0.39 is 0 Å². The number of imidazole rings is 1. The van der Waals surface area contributed by atoms with E-state index in [9.17, 15) is 0 Å². The van der Waals surface area contributed by atoms with Gasteiger partial charge in [-0.1, -0.05) is 37.3 Å². The second-order valence-electron chi connectivity index (χ2n) is 8.05. The average Bonchev–Trinajstić information content (AvgIpc) is 3.24. The first-order valence-corrected chi connectivity index (χ1v) is 11.7. The molecule has 0 bridgehead atoms. The Bertz CT molecular complexity index is 1010. The van der Waals surface area contributed by atoms with E-state index >= 15 is 0 Å². The summed E-state index contributed by atoms with van der Waals surface area (Å²) in [4.78, 5) is 21.5. The van der Waals surface area contributed by atoms with Gasteiger partial charge in [0, 0.05) is 26.2 Å². The van der Waals surface area contributed by atoms with Gasteiger partial charge in [0.05, 0.1) is 6.61 Å². The Hall–Kier alpha value is -3.04. The highest BCUT2D eigenvalue weighted by Gasteiger charge is 2.15. The van der Waals surface area contributed by atoms with Gasteiger partial charge in [-0.05, 0) is 50.8 Å². The normalized spacial score (nSPS) is 15.8. The van der Waals surface area contributed by atoms with Crippen molar-refractivity contribution < 1.29 is 4.74 Å². The maximum absolute atomic E-state index is 5.59. The number of aliphatic imine (C=N–C) groups is 1. The highest BCUT2D eigenvalue weighted by Crippen LogP contribution is 2.23. The Labute approximate surface area is 195 Å². The van der Waals surface area contributed by atoms with Gasteiger partial charge < -0.3 is 15.0 Å². The Morgan fingerprint density at radius 2 is 2.21 bits per heavy atom. The number of hydrazine groups is 1. The topological polar surface area (TPSA) is 112 Å². The van der Waals surface area contributed by atoms with Gasteiger partial charge in [0.1, 0.15) is 11.3 Å². The first-order chi connectivity index (χ1) is 16.1. The molecule has 178 valence electrons. The van der Waals surface area contributed by atoms with Crippen LogP contribution in [0.1, 0.15) is 45.9 Å². The second kappa shape index (κ2) is 12.9. The highest BCUT2D eigenvalue weighted by molar-refractivity contribution is 5.86. The van der Waals surface area contributed by atoms with Crippen LogP contribution in [0.3, 0.4) is 0 Å². The Balaban J connectivity index is 1.72. The van der Waals surface area contributed by atoms with Gasteiger partial charge in [0.25, 0.3) is 0 Å². The third-order valence-corrected chi connectivity index (χ3v) is 5.18. The minimum Gasteiger partial charge on any atom is -0.380 e. The summed E-state index contributed by atoms with van der Waals surface area (Å²) in [7, 11) is 0. The monoisotopic (exact) mass is 452 g/mol. The summed E-state index contributed by atoms with van der Waals surface area (Å²) in [5.74, 6) is 2.28. The lowest BCUT2D eigenvalue weighted by atomic mass is 9.97. The van der Waals surface area contributed by atoms with Crippen molar-refractivity contribution in [2.24, 2.45) is 10.9 Å². The van der Waals surface area contributed by atoms with Gasteiger partial charge in [-0.3, -0.25) is 10.4 Å². The molecule has 9 nitrogen and oxygen atoms in total. The van der Waals surface area contributed by atoms with Crippen molar-refractivity contribution in [3.8, 4) is 0 Å². The molecule has 2 aromatic heterocycles. The largest absolute Gasteiger partial charge is 0.380 e. The number of ether oxygens (including phenoxy) is 1. The van der Waals surface area contributed by atoms with Crippen molar-refractivity contribution in [3.05, 3.63) is 36.2 Å². The van der Waals surface area contributed by atoms with Crippen LogP contribution in [0, 0.1) is 5.92 Å². The minimum atomic E-state index is 0.436. The molecule has 33 heavy (non-hydrogen) atoms. The zero-order valence-electron chi connectivity index (χ0n) is 19.9. The lowest BCUT2D eigenvalue weighted by Crippen LogP contribution is -2.29. The molecule has 0 radical (unpaired) electrons. The maximum atomic E-state index is 5.59. The molecule has 3 rings (SSSR count). The molecular formula is C24H36N8O. The SMILES string of the molecule is C=C(CCN=CC)c1nc2nc(NNCC3C=C(C)C=CC3)nc(NCCOCCC)c2[nH]1. The lowest BCUT2D eigenvalue weighted by molar-refractivity contribution is 0.144. The molecule has 0 fully saturated rings. The Kier molecular flexibility index (Phi) is 9.59. The van der Waals surface area contributed by atoms with E-state index in [1.54, 1.807) is 6.21 Å². The van der Waals surface area contributed by atoms with Crippen molar-refractivity contribution in [1.82, 2.24) is 25.4 Å². The van der Waals surface area contributed by atoms with E-state index in [1.807, 2.05) is 6.92 Å².